The van der Waals surface area contributed by atoms with Crippen LogP contribution < -0.4 is 0 Å². The Bertz CT molecular complexity index is 330. The molecule has 0 aliphatic carbocycles. The summed E-state index contributed by atoms with van der Waals surface area (Å²) in [5.74, 6) is 0. The maximum absolute atomic E-state index is 9.62. The monoisotopic (exact) mass is 177 g/mol. The van der Waals surface area contributed by atoms with Gasteiger partial charge in [-0.3, -0.25) is 9.88 Å². The van der Waals surface area contributed by atoms with Crippen LogP contribution in [0.1, 0.15) is 17.5 Å². The van der Waals surface area contributed by atoms with E-state index in [0.29, 0.717) is 11.3 Å². The summed E-state index contributed by atoms with van der Waals surface area (Å²) >= 11 is 0. The van der Waals surface area contributed by atoms with Crippen molar-refractivity contribution in [1.82, 2.24) is 9.88 Å². The van der Waals surface area contributed by atoms with Gasteiger partial charge in [0.2, 0.25) is 0 Å². The lowest BCUT2D eigenvalue weighted by atomic mass is 10.2. The molecule has 0 radical (unpaired) electrons. The molecule has 1 heterocycles. The van der Waals surface area contributed by atoms with E-state index in [0.717, 1.165) is 0 Å². The lowest BCUT2D eigenvalue weighted by Gasteiger charge is -2.18. The summed E-state index contributed by atoms with van der Waals surface area (Å²) in [7, 11) is 3.45. The van der Waals surface area contributed by atoms with Crippen LogP contribution in [0.5, 0.6) is 0 Å². The average Bonchev–Trinajstić information content (AvgIpc) is 2.16. The van der Waals surface area contributed by atoms with Crippen LogP contribution in [-0.4, -0.2) is 29.1 Å². The van der Waals surface area contributed by atoms with Crippen LogP contribution in [0.25, 0.3) is 0 Å². The summed E-state index contributed by atoms with van der Waals surface area (Å²) < 4.78 is 0. The summed E-state index contributed by atoms with van der Waals surface area (Å²) in [6, 6.07) is 5.29. The molecule has 68 valence electrons. The lowest BCUT2D eigenvalue weighted by Crippen LogP contribution is -2.21. The predicted molar refractivity (Wildman–Crippen MR) is 47.6 cm³/mol. The number of rotatable bonds is 2. The molecule has 4 nitrogen and oxygen atoms in total. The molecule has 13 heavy (non-hydrogen) atoms. The molecule has 1 aromatic heterocycles. The Hall–Kier alpha value is -1.44. The van der Waals surface area contributed by atoms with Crippen molar-refractivity contribution in [3.05, 3.63) is 29.6 Å². The predicted octanol–water partition coefficient (Wildman–Crippen LogP) is 0.506. The maximum atomic E-state index is 9.62. The first-order chi connectivity index (χ1) is 6.16. The second kappa shape index (κ2) is 3.99. The fourth-order valence-electron chi connectivity index (χ4n) is 0.962. The van der Waals surface area contributed by atoms with Gasteiger partial charge in [0, 0.05) is 6.20 Å². The van der Waals surface area contributed by atoms with Gasteiger partial charge < -0.3 is 5.11 Å². The third kappa shape index (κ3) is 2.02. The van der Waals surface area contributed by atoms with Crippen LogP contribution in [0.2, 0.25) is 0 Å². The zero-order valence-electron chi connectivity index (χ0n) is 7.60. The zero-order valence-corrected chi connectivity index (χ0v) is 7.60. The zero-order chi connectivity index (χ0) is 9.84. The molecule has 0 saturated heterocycles. The molecule has 0 amide bonds. The van der Waals surface area contributed by atoms with Gasteiger partial charge in [-0.15, -0.1) is 0 Å². The Morgan fingerprint density at radius 3 is 2.85 bits per heavy atom. The molecule has 0 spiro atoms. The topological polar surface area (TPSA) is 60.1 Å². The maximum Gasteiger partial charge on any atom is 0.151 e. The third-order valence-corrected chi connectivity index (χ3v) is 1.69. The minimum atomic E-state index is -0.823. The van der Waals surface area contributed by atoms with Crippen molar-refractivity contribution in [2.24, 2.45) is 0 Å². The Kier molecular flexibility index (Phi) is 2.96. The largest absolute Gasteiger partial charge is 0.372 e. The summed E-state index contributed by atoms with van der Waals surface area (Å²) in [6.07, 6.45) is 0.735. The highest BCUT2D eigenvalue weighted by Gasteiger charge is 2.14. The number of aliphatic hydroxyl groups excluding tert-OH is 1. The minimum Gasteiger partial charge on any atom is -0.372 e. The van der Waals surface area contributed by atoms with Gasteiger partial charge in [-0.1, -0.05) is 0 Å². The van der Waals surface area contributed by atoms with Gasteiger partial charge >= 0.3 is 0 Å². The number of aromatic nitrogens is 1. The minimum absolute atomic E-state index is 0.398. The van der Waals surface area contributed by atoms with Gasteiger partial charge in [0.1, 0.15) is 11.8 Å². The first-order valence-electron chi connectivity index (χ1n) is 3.86. The molecule has 0 aliphatic rings. The van der Waals surface area contributed by atoms with E-state index in [1.54, 1.807) is 37.3 Å². The van der Waals surface area contributed by atoms with Crippen LogP contribution >= 0.6 is 0 Å². The Morgan fingerprint density at radius 1 is 1.62 bits per heavy atom. The smallest absolute Gasteiger partial charge is 0.151 e. The molecule has 0 saturated carbocycles. The number of nitrogens with zero attached hydrogens (tertiary/aromatic N) is 3. The fourth-order valence-corrected chi connectivity index (χ4v) is 0.962. The van der Waals surface area contributed by atoms with Gasteiger partial charge in [0.25, 0.3) is 0 Å². The SMILES string of the molecule is CN(C)C(O)c1ncccc1C#N. The van der Waals surface area contributed by atoms with Crippen molar-refractivity contribution < 1.29 is 5.11 Å². The molecule has 0 aromatic carbocycles. The highest BCUT2D eigenvalue weighted by Crippen LogP contribution is 2.15. The highest BCUT2D eigenvalue weighted by atomic mass is 16.3. The van der Waals surface area contributed by atoms with Crippen LogP contribution in [0.3, 0.4) is 0 Å². The molecular weight excluding hydrogens is 166 g/mol. The fraction of sp³-hybridized carbons (Fsp3) is 0.333. The van der Waals surface area contributed by atoms with Crippen molar-refractivity contribution in [2.75, 3.05) is 14.1 Å². The third-order valence-electron chi connectivity index (χ3n) is 1.69. The van der Waals surface area contributed by atoms with E-state index < -0.39 is 6.23 Å². The van der Waals surface area contributed by atoms with E-state index in [2.05, 4.69) is 4.98 Å². The molecular formula is C9H11N3O. The van der Waals surface area contributed by atoms with Gasteiger partial charge in [0.05, 0.1) is 5.56 Å². The van der Waals surface area contributed by atoms with Crippen LogP contribution in [0, 0.1) is 11.3 Å². The van der Waals surface area contributed by atoms with Crippen LogP contribution in [-0.2, 0) is 0 Å². The van der Waals surface area contributed by atoms with E-state index in [1.807, 2.05) is 6.07 Å². The van der Waals surface area contributed by atoms with E-state index >= 15 is 0 Å². The Morgan fingerprint density at radius 2 is 2.31 bits per heavy atom. The normalized spacial score (nSPS) is 12.5. The van der Waals surface area contributed by atoms with Gasteiger partial charge in [-0.05, 0) is 26.2 Å². The number of nitriles is 1. The van der Waals surface area contributed by atoms with E-state index in [-0.39, 0.29) is 0 Å². The van der Waals surface area contributed by atoms with Crippen LogP contribution in [0.15, 0.2) is 18.3 Å². The summed E-state index contributed by atoms with van der Waals surface area (Å²) in [6.45, 7) is 0. The van der Waals surface area contributed by atoms with Crippen molar-refractivity contribution in [3.8, 4) is 6.07 Å². The molecule has 1 aromatic rings. The van der Waals surface area contributed by atoms with E-state index in [4.69, 9.17) is 5.26 Å². The molecule has 1 N–H and O–H groups in total. The average molecular weight is 177 g/mol. The molecule has 0 bridgehead atoms. The second-order valence-corrected chi connectivity index (χ2v) is 2.89. The summed E-state index contributed by atoms with van der Waals surface area (Å²) in [5.41, 5.74) is 0.804. The van der Waals surface area contributed by atoms with Crippen molar-refractivity contribution in [2.45, 2.75) is 6.23 Å². The van der Waals surface area contributed by atoms with E-state index in [9.17, 15) is 5.11 Å². The number of aliphatic hydroxyl groups is 1. The molecule has 1 atom stereocenters. The van der Waals surface area contributed by atoms with Gasteiger partial charge in [0.15, 0.2) is 6.23 Å². The van der Waals surface area contributed by atoms with E-state index in [1.165, 1.54) is 0 Å². The van der Waals surface area contributed by atoms with Gasteiger partial charge in [-0.25, -0.2) is 0 Å². The first kappa shape index (κ1) is 9.65. The first-order valence-corrected chi connectivity index (χ1v) is 3.86. The number of hydrogen-bond donors (Lipinski definition) is 1. The Balaban J connectivity index is 3.07. The van der Waals surface area contributed by atoms with Gasteiger partial charge in [-0.2, -0.15) is 5.26 Å². The second-order valence-electron chi connectivity index (χ2n) is 2.89. The highest BCUT2D eigenvalue weighted by molar-refractivity contribution is 5.33. The Labute approximate surface area is 77.1 Å². The van der Waals surface area contributed by atoms with Crippen molar-refractivity contribution in [3.63, 3.8) is 0 Å². The lowest BCUT2D eigenvalue weighted by molar-refractivity contribution is 0.0355. The van der Waals surface area contributed by atoms with Crippen molar-refractivity contribution in [1.29, 1.82) is 5.26 Å². The standard InChI is InChI=1S/C9H11N3O/c1-12(2)9(13)8-7(6-10)4-3-5-11-8/h3-5,9,13H,1-2H3. The molecule has 0 fully saturated rings. The van der Waals surface area contributed by atoms with Crippen LogP contribution in [0.4, 0.5) is 0 Å². The number of hydrogen-bond acceptors (Lipinski definition) is 4. The quantitative estimate of drug-likeness (QED) is 0.668. The molecule has 1 rings (SSSR count). The molecule has 1 unspecified atom stereocenters. The number of pyridine rings is 1. The molecule has 4 heteroatoms. The summed E-state index contributed by atoms with van der Waals surface area (Å²) in [4.78, 5) is 5.54. The molecule has 0 aliphatic heterocycles. The van der Waals surface area contributed by atoms with Crippen molar-refractivity contribution >= 4 is 0 Å². The summed E-state index contributed by atoms with van der Waals surface area (Å²) in [5, 5.41) is 18.4.